The Morgan fingerprint density at radius 3 is 2.68 bits per heavy atom. The monoisotopic (exact) mass is 427 g/mol. The van der Waals surface area contributed by atoms with Gasteiger partial charge in [-0.25, -0.2) is 9.59 Å². The van der Waals surface area contributed by atoms with Crippen LogP contribution in [0, 0.1) is 0 Å². The van der Waals surface area contributed by atoms with Crippen LogP contribution < -0.4 is 21.1 Å². The predicted octanol–water partition coefficient (Wildman–Crippen LogP) is 2.05. The maximum Gasteiger partial charge on any atom is 0.408 e. The van der Waals surface area contributed by atoms with E-state index in [1.54, 1.807) is 30.3 Å². The van der Waals surface area contributed by atoms with E-state index < -0.39 is 24.2 Å². The van der Waals surface area contributed by atoms with Gasteiger partial charge in [0.05, 0.1) is 5.69 Å². The Bertz CT molecular complexity index is 934. The molecule has 2 aromatic carbocycles. The van der Waals surface area contributed by atoms with Gasteiger partial charge in [-0.2, -0.15) is 0 Å². The Kier molecular flexibility index (Phi) is 7.45. The fourth-order valence-electron chi connectivity index (χ4n) is 3.16. The number of ether oxygens (including phenoxy) is 2. The van der Waals surface area contributed by atoms with Crippen LogP contribution in [-0.4, -0.2) is 41.8 Å². The fourth-order valence-corrected chi connectivity index (χ4v) is 3.16. The van der Waals surface area contributed by atoms with E-state index in [0.717, 1.165) is 5.56 Å². The number of anilines is 1. The highest BCUT2D eigenvalue weighted by Crippen LogP contribution is 2.31. The highest BCUT2D eigenvalue weighted by molar-refractivity contribution is 5.97. The summed E-state index contributed by atoms with van der Waals surface area (Å²) in [5, 5.41) is 14.6. The van der Waals surface area contributed by atoms with Crippen molar-refractivity contribution in [1.82, 2.24) is 5.32 Å². The molecule has 0 unspecified atom stereocenters. The van der Waals surface area contributed by atoms with Gasteiger partial charge in [0, 0.05) is 6.42 Å². The van der Waals surface area contributed by atoms with Gasteiger partial charge in [-0.05, 0) is 42.6 Å². The summed E-state index contributed by atoms with van der Waals surface area (Å²) in [7, 11) is 0. The lowest BCUT2D eigenvalue weighted by atomic mass is 10.0. The molecule has 0 aromatic heterocycles. The molecule has 2 aromatic rings. The molecule has 9 nitrogen and oxygen atoms in total. The topological polar surface area (TPSA) is 140 Å². The first-order chi connectivity index (χ1) is 15.0. The third-order valence-corrected chi connectivity index (χ3v) is 4.78. The van der Waals surface area contributed by atoms with E-state index in [4.69, 9.17) is 15.2 Å². The molecule has 1 aliphatic heterocycles. The molecule has 0 saturated heterocycles. The van der Waals surface area contributed by atoms with Crippen LogP contribution in [0.5, 0.6) is 5.75 Å². The van der Waals surface area contributed by atoms with Crippen molar-refractivity contribution in [2.75, 3.05) is 11.9 Å². The first-order valence-electron chi connectivity index (χ1n) is 9.97. The predicted molar refractivity (Wildman–Crippen MR) is 113 cm³/mol. The van der Waals surface area contributed by atoms with E-state index in [1.165, 1.54) is 0 Å². The number of hydrogen-bond acceptors (Lipinski definition) is 6. The van der Waals surface area contributed by atoms with Crippen LogP contribution in [0.3, 0.4) is 0 Å². The second kappa shape index (κ2) is 10.4. The Morgan fingerprint density at radius 2 is 1.97 bits per heavy atom. The Balaban J connectivity index is 1.60. The van der Waals surface area contributed by atoms with Gasteiger partial charge < -0.3 is 30.9 Å². The first kappa shape index (κ1) is 22.1. The molecule has 0 radical (unpaired) electrons. The zero-order valence-corrected chi connectivity index (χ0v) is 16.9. The van der Waals surface area contributed by atoms with Crippen LogP contribution in [0.15, 0.2) is 48.5 Å². The van der Waals surface area contributed by atoms with Gasteiger partial charge in [0.1, 0.15) is 18.4 Å². The first-order valence-corrected chi connectivity index (χ1v) is 9.97. The summed E-state index contributed by atoms with van der Waals surface area (Å²) in [5.74, 6) is -0.959. The number of nitrogens with one attached hydrogen (secondary N) is 2. The van der Waals surface area contributed by atoms with E-state index in [9.17, 15) is 19.5 Å². The van der Waals surface area contributed by atoms with Gasteiger partial charge >= 0.3 is 12.1 Å². The number of fused-ring (bicyclic) bond motifs is 1. The molecular formula is C22H25N3O6. The van der Waals surface area contributed by atoms with E-state index in [-0.39, 0.29) is 18.9 Å². The maximum absolute atomic E-state index is 12.2. The molecule has 164 valence electrons. The van der Waals surface area contributed by atoms with Crippen LogP contribution >= 0.6 is 0 Å². The summed E-state index contributed by atoms with van der Waals surface area (Å²) in [6.45, 7) is 0.503. The Morgan fingerprint density at radius 1 is 1.19 bits per heavy atom. The SMILES string of the molecule is NCCC[C@H]1Oc2ccc(C[C@H](NC(=O)OCc3ccccc3)C(=O)O)cc2NC1=O. The molecule has 3 rings (SSSR count). The zero-order valence-electron chi connectivity index (χ0n) is 16.9. The van der Waals surface area contributed by atoms with Crippen LogP contribution in [0.2, 0.25) is 0 Å². The highest BCUT2D eigenvalue weighted by Gasteiger charge is 2.28. The average molecular weight is 427 g/mol. The molecule has 0 fully saturated rings. The third-order valence-electron chi connectivity index (χ3n) is 4.78. The number of carboxylic acids is 1. The lowest BCUT2D eigenvalue weighted by Crippen LogP contribution is -2.42. The molecular weight excluding hydrogens is 402 g/mol. The molecule has 5 N–H and O–H groups in total. The van der Waals surface area contributed by atoms with E-state index in [2.05, 4.69) is 10.6 Å². The van der Waals surface area contributed by atoms with Crippen LogP contribution in [0.25, 0.3) is 0 Å². The number of carbonyl (C=O) groups is 3. The Hall–Kier alpha value is -3.59. The molecule has 9 heteroatoms. The van der Waals surface area contributed by atoms with Crippen molar-refractivity contribution < 1.29 is 29.0 Å². The largest absolute Gasteiger partial charge is 0.480 e. The number of aliphatic carboxylic acids is 1. The van der Waals surface area contributed by atoms with Crippen molar-refractivity contribution in [3.63, 3.8) is 0 Å². The zero-order chi connectivity index (χ0) is 22.2. The van der Waals surface area contributed by atoms with E-state index in [1.807, 2.05) is 18.2 Å². The number of benzene rings is 2. The highest BCUT2D eigenvalue weighted by atomic mass is 16.5. The summed E-state index contributed by atoms with van der Waals surface area (Å²) in [5.41, 5.74) is 7.35. The summed E-state index contributed by atoms with van der Waals surface area (Å²) < 4.78 is 10.8. The molecule has 0 aliphatic carbocycles. The minimum atomic E-state index is -1.20. The van der Waals surface area contributed by atoms with Crippen molar-refractivity contribution in [2.24, 2.45) is 5.73 Å². The van der Waals surface area contributed by atoms with Crippen LogP contribution in [0.1, 0.15) is 24.0 Å². The second-order valence-electron chi connectivity index (χ2n) is 7.16. The lowest BCUT2D eigenvalue weighted by molar-refractivity contribution is -0.139. The summed E-state index contributed by atoms with van der Waals surface area (Å²) in [6.07, 6.45) is -0.240. The van der Waals surface area contributed by atoms with Crippen LogP contribution in [-0.2, 0) is 27.4 Å². The number of nitrogens with two attached hydrogens (primary N) is 1. The number of hydrogen-bond donors (Lipinski definition) is 4. The van der Waals surface area contributed by atoms with Crippen molar-refractivity contribution in [3.8, 4) is 5.75 Å². The summed E-state index contributed by atoms with van der Waals surface area (Å²) in [4.78, 5) is 35.9. The number of amides is 2. The molecule has 0 bridgehead atoms. The molecule has 31 heavy (non-hydrogen) atoms. The van der Waals surface area contributed by atoms with Gasteiger partial charge in [-0.3, -0.25) is 4.79 Å². The standard InChI is InChI=1S/C22H25N3O6/c23-10-4-7-19-20(26)24-16-11-15(8-9-18(16)31-19)12-17(21(27)28)25-22(29)30-13-14-5-2-1-3-6-14/h1-3,5-6,8-9,11,17,19H,4,7,10,12-13,23H2,(H,24,26)(H,25,29)(H,27,28)/t17-,19+/m0/s1. The van der Waals surface area contributed by atoms with Crippen molar-refractivity contribution in [2.45, 2.75) is 38.0 Å². The maximum atomic E-state index is 12.2. The molecule has 2 amide bonds. The second-order valence-corrected chi connectivity index (χ2v) is 7.16. The van der Waals surface area contributed by atoms with Crippen molar-refractivity contribution in [3.05, 3.63) is 59.7 Å². The average Bonchev–Trinajstić information content (AvgIpc) is 2.76. The number of carboxylic acid groups (broad SMARTS) is 1. The van der Waals surface area contributed by atoms with Crippen molar-refractivity contribution in [1.29, 1.82) is 0 Å². The Labute approximate surface area is 179 Å². The van der Waals surface area contributed by atoms with Gasteiger partial charge in [0.15, 0.2) is 6.10 Å². The van der Waals surface area contributed by atoms with Gasteiger partial charge in [0.2, 0.25) is 0 Å². The molecule has 1 aliphatic rings. The summed E-state index contributed by atoms with van der Waals surface area (Å²) in [6, 6.07) is 12.9. The van der Waals surface area contributed by atoms with Crippen LogP contribution in [0.4, 0.5) is 10.5 Å². The number of rotatable bonds is 9. The van der Waals surface area contributed by atoms with E-state index >= 15 is 0 Å². The molecule has 2 atom stereocenters. The normalized spacial score (nSPS) is 15.8. The summed E-state index contributed by atoms with van der Waals surface area (Å²) >= 11 is 0. The molecule has 0 saturated carbocycles. The quantitative estimate of drug-likeness (QED) is 0.480. The van der Waals surface area contributed by atoms with Gasteiger partial charge in [-0.15, -0.1) is 0 Å². The van der Waals surface area contributed by atoms with Crippen molar-refractivity contribution >= 4 is 23.7 Å². The minimum Gasteiger partial charge on any atom is -0.480 e. The number of carbonyl (C=O) groups excluding carboxylic acids is 2. The smallest absolute Gasteiger partial charge is 0.408 e. The molecule has 1 heterocycles. The minimum absolute atomic E-state index is 0.00945. The number of alkyl carbamates (subject to hydrolysis) is 1. The lowest BCUT2D eigenvalue weighted by Gasteiger charge is -2.26. The van der Waals surface area contributed by atoms with Gasteiger partial charge in [0.25, 0.3) is 5.91 Å². The van der Waals surface area contributed by atoms with E-state index in [0.29, 0.717) is 36.4 Å². The fraction of sp³-hybridized carbons (Fsp3) is 0.318. The van der Waals surface area contributed by atoms with Gasteiger partial charge in [-0.1, -0.05) is 36.4 Å². The molecule has 0 spiro atoms. The third kappa shape index (κ3) is 6.19.